The zero-order valence-electron chi connectivity index (χ0n) is 23.6. The van der Waals surface area contributed by atoms with E-state index >= 15 is 0 Å². The van der Waals surface area contributed by atoms with E-state index in [4.69, 9.17) is 14.5 Å². The number of anilines is 1. The summed E-state index contributed by atoms with van der Waals surface area (Å²) in [7, 11) is 1.89. The normalized spacial score (nSPS) is 18.8. The molecule has 0 aromatic heterocycles. The molecule has 10 nitrogen and oxygen atoms in total. The molecule has 3 rings (SSSR count). The summed E-state index contributed by atoms with van der Waals surface area (Å²) in [6.45, 7) is 11.3. The third-order valence-corrected chi connectivity index (χ3v) is 7.08. The van der Waals surface area contributed by atoms with E-state index in [-0.39, 0.29) is 30.2 Å². The average molecular weight is 528 g/mol. The van der Waals surface area contributed by atoms with Crippen LogP contribution in [0.1, 0.15) is 69.3 Å². The summed E-state index contributed by atoms with van der Waals surface area (Å²) in [5.74, 6) is 1.18. The molecule has 2 aliphatic heterocycles. The molecule has 0 aliphatic carbocycles. The van der Waals surface area contributed by atoms with Gasteiger partial charge in [0.15, 0.2) is 5.96 Å². The summed E-state index contributed by atoms with van der Waals surface area (Å²) >= 11 is 0. The van der Waals surface area contributed by atoms with E-state index in [1.165, 1.54) is 0 Å². The first-order chi connectivity index (χ1) is 18.4. The Hall–Kier alpha value is -2.87. The van der Waals surface area contributed by atoms with Crippen molar-refractivity contribution in [3.8, 4) is 11.8 Å². The minimum Gasteiger partial charge on any atom is -0.491 e. The second-order valence-electron chi connectivity index (χ2n) is 10.1. The molecule has 0 saturated carbocycles. The van der Waals surface area contributed by atoms with Gasteiger partial charge >= 0.3 is 0 Å². The van der Waals surface area contributed by atoms with Gasteiger partial charge in [0.05, 0.1) is 31.1 Å². The number of nitrogens with zero attached hydrogens (tertiary/aromatic N) is 3. The molecule has 4 unspecified atom stereocenters. The second-order valence-corrected chi connectivity index (χ2v) is 10.1. The van der Waals surface area contributed by atoms with Crippen LogP contribution < -0.4 is 26.0 Å². The molecule has 1 fully saturated rings. The number of hydrogen-bond donors (Lipinski definition) is 4. The predicted molar refractivity (Wildman–Crippen MR) is 150 cm³/mol. The maximum atomic E-state index is 13.4. The maximum absolute atomic E-state index is 13.4. The van der Waals surface area contributed by atoms with Gasteiger partial charge in [0.1, 0.15) is 11.9 Å². The van der Waals surface area contributed by atoms with Gasteiger partial charge in [0.25, 0.3) is 5.91 Å². The summed E-state index contributed by atoms with van der Waals surface area (Å²) in [4.78, 5) is 20.2. The van der Waals surface area contributed by atoms with Crippen LogP contribution in [0.3, 0.4) is 0 Å². The van der Waals surface area contributed by atoms with Crippen molar-refractivity contribution in [3.63, 3.8) is 0 Å². The molecule has 2 aliphatic rings. The Labute approximate surface area is 227 Å². The molecule has 4 atom stereocenters. The largest absolute Gasteiger partial charge is 0.491 e. The summed E-state index contributed by atoms with van der Waals surface area (Å²) in [5.41, 5.74) is 2.39. The smallest absolute Gasteiger partial charge is 0.254 e. The van der Waals surface area contributed by atoms with Crippen LogP contribution in [-0.4, -0.2) is 75.1 Å². The lowest BCUT2D eigenvalue weighted by molar-refractivity contribution is 0.0740. The number of nitriles is 1. The molecule has 10 heteroatoms. The van der Waals surface area contributed by atoms with E-state index in [1.807, 2.05) is 31.0 Å². The molecule has 1 aromatic rings. The summed E-state index contributed by atoms with van der Waals surface area (Å²) in [6, 6.07) is 6.40. The summed E-state index contributed by atoms with van der Waals surface area (Å²) < 4.78 is 11.6. The fourth-order valence-corrected chi connectivity index (χ4v) is 4.66. The van der Waals surface area contributed by atoms with Crippen LogP contribution in [0.2, 0.25) is 0 Å². The standard InChI is InChI=1S/C28H45N7O3/c1-6-20(4)31-25(17-19(3)18-29)34-28(33-24(7-2)30-5)32-23-10-9-22(21-11-15-38-26(21)23)27(36)35-12-8-14-37-16-13-35/h9-10,19-20,24-25,30-31H,6-8,11-17H2,1-5H3,(H2,32,33,34). The van der Waals surface area contributed by atoms with Crippen LogP contribution in [0.25, 0.3) is 0 Å². The number of aliphatic imine (C=N–C) groups is 1. The van der Waals surface area contributed by atoms with E-state index < -0.39 is 0 Å². The monoisotopic (exact) mass is 527 g/mol. The van der Waals surface area contributed by atoms with Crippen LogP contribution in [0, 0.1) is 17.2 Å². The minimum atomic E-state index is -0.153. The molecule has 0 spiro atoms. The Morgan fingerprint density at radius 3 is 2.71 bits per heavy atom. The Balaban J connectivity index is 1.89. The molecule has 38 heavy (non-hydrogen) atoms. The minimum absolute atomic E-state index is 0.0281. The molecule has 210 valence electrons. The molecule has 0 bridgehead atoms. The first-order valence-electron chi connectivity index (χ1n) is 14.0. The SMILES string of the molecule is CCC(C)NC(CC(C)C#N)N/C(=N\C(CC)NC)Nc1ccc(C(=O)N2CCCOCC2)c2c1OCC2. The van der Waals surface area contributed by atoms with Gasteiger partial charge < -0.3 is 25.0 Å². The zero-order valence-corrected chi connectivity index (χ0v) is 23.6. The van der Waals surface area contributed by atoms with Crippen molar-refractivity contribution in [2.24, 2.45) is 10.9 Å². The maximum Gasteiger partial charge on any atom is 0.254 e. The number of amides is 1. The predicted octanol–water partition coefficient (Wildman–Crippen LogP) is 3.06. The average Bonchev–Trinajstić information content (AvgIpc) is 3.26. The molecular formula is C28H45N7O3. The van der Waals surface area contributed by atoms with Crippen LogP contribution in [0.4, 0.5) is 5.69 Å². The van der Waals surface area contributed by atoms with Crippen LogP contribution in [-0.2, 0) is 11.2 Å². The van der Waals surface area contributed by atoms with Crippen molar-refractivity contribution >= 4 is 17.6 Å². The highest BCUT2D eigenvalue weighted by atomic mass is 16.5. The van der Waals surface area contributed by atoms with E-state index in [9.17, 15) is 10.1 Å². The van der Waals surface area contributed by atoms with Gasteiger partial charge in [-0.1, -0.05) is 13.8 Å². The molecule has 0 radical (unpaired) electrons. The van der Waals surface area contributed by atoms with Gasteiger partial charge in [-0.15, -0.1) is 0 Å². The number of carbonyl (C=O) groups excluding carboxylic acids is 1. The Morgan fingerprint density at radius 2 is 2.00 bits per heavy atom. The Bertz CT molecular complexity index is 981. The Kier molecular flexibility index (Phi) is 11.6. The summed E-state index contributed by atoms with van der Waals surface area (Å²) in [6.07, 6.45) is 3.68. The second kappa shape index (κ2) is 14.9. The zero-order chi connectivity index (χ0) is 27.5. The number of guanidine groups is 1. The van der Waals surface area contributed by atoms with E-state index in [1.54, 1.807) is 0 Å². The van der Waals surface area contributed by atoms with E-state index in [0.29, 0.717) is 63.0 Å². The van der Waals surface area contributed by atoms with E-state index in [2.05, 4.69) is 48.1 Å². The lowest BCUT2D eigenvalue weighted by atomic mass is 10.0. The first kappa shape index (κ1) is 29.7. The number of fused-ring (bicyclic) bond motifs is 1. The lowest BCUT2D eigenvalue weighted by Crippen LogP contribution is -2.51. The Morgan fingerprint density at radius 1 is 1.18 bits per heavy atom. The summed E-state index contributed by atoms with van der Waals surface area (Å²) in [5, 5.41) is 23.2. The van der Waals surface area contributed by atoms with Gasteiger partial charge in [-0.25, -0.2) is 4.99 Å². The number of hydrogen-bond acceptors (Lipinski definition) is 7. The highest BCUT2D eigenvalue weighted by Crippen LogP contribution is 2.37. The number of carbonyl (C=O) groups is 1. The first-order valence-corrected chi connectivity index (χ1v) is 14.0. The molecule has 1 amide bonds. The highest BCUT2D eigenvalue weighted by molar-refractivity contribution is 6.00. The van der Waals surface area contributed by atoms with E-state index in [0.717, 1.165) is 30.5 Å². The number of nitrogens with one attached hydrogen (secondary N) is 4. The van der Waals surface area contributed by atoms with Crippen molar-refractivity contribution in [1.82, 2.24) is 20.9 Å². The quantitative estimate of drug-likeness (QED) is 0.197. The van der Waals surface area contributed by atoms with Crippen LogP contribution in [0.15, 0.2) is 17.1 Å². The molecule has 4 N–H and O–H groups in total. The van der Waals surface area contributed by atoms with Crippen LogP contribution >= 0.6 is 0 Å². The molecule has 1 saturated heterocycles. The topological polar surface area (TPSA) is 123 Å². The van der Waals surface area contributed by atoms with Gasteiger partial charge in [-0.05, 0) is 58.7 Å². The highest BCUT2D eigenvalue weighted by Gasteiger charge is 2.28. The third kappa shape index (κ3) is 8.06. The fourth-order valence-electron chi connectivity index (χ4n) is 4.66. The molecule has 1 aromatic carbocycles. The molecule has 2 heterocycles. The third-order valence-electron chi connectivity index (χ3n) is 7.08. The fraction of sp³-hybridized carbons (Fsp3) is 0.679. The number of benzene rings is 1. The van der Waals surface area contributed by atoms with Crippen molar-refractivity contribution in [3.05, 3.63) is 23.3 Å². The van der Waals surface area contributed by atoms with Crippen molar-refractivity contribution in [2.45, 2.75) is 78.2 Å². The van der Waals surface area contributed by atoms with Crippen molar-refractivity contribution in [1.29, 1.82) is 5.26 Å². The lowest BCUT2D eigenvalue weighted by Gasteiger charge is -2.28. The molecular weight excluding hydrogens is 482 g/mol. The van der Waals surface area contributed by atoms with Gasteiger partial charge in [0, 0.05) is 49.2 Å². The number of rotatable bonds is 11. The van der Waals surface area contributed by atoms with Gasteiger partial charge in [-0.2, -0.15) is 5.26 Å². The van der Waals surface area contributed by atoms with Crippen molar-refractivity contribution in [2.75, 3.05) is 45.3 Å². The van der Waals surface area contributed by atoms with Crippen molar-refractivity contribution < 1.29 is 14.3 Å². The van der Waals surface area contributed by atoms with Gasteiger partial charge in [-0.3, -0.25) is 15.4 Å². The van der Waals surface area contributed by atoms with Gasteiger partial charge in [0.2, 0.25) is 0 Å². The number of ether oxygens (including phenoxy) is 2. The van der Waals surface area contributed by atoms with Crippen LogP contribution in [0.5, 0.6) is 5.75 Å².